The van der Waals surface area contributed by atoms with Gasteiger partial charge in [-0.25, -0.2) is 8.42 Å². The number of hydrogen-bond donors (Lipinski definition) is 1. The summed E-state index contributed by atoms with van der Waals surface area (Å²) < 4.78 is 37.4. The molecule has 0 aromatic heterocycles. The third-order valence-electron chi connectivity index (χ3n) is 5.18. The minimum atomic E-state index is -3.54. The Labute approximate surface area is 170 Å². The van der Waals surface area contributed by atoms with Crippen LogP contribution in [0.1, 0.15) is 17.5 Å². The Morgan fingerprint density at radius 3 is 2.52 bits per heavy atom. The number of rotatable bonds is 6. The van der Waals surface area contributed by atoms with Crippen LogP contribution in [0.4, 0.5) is 5.69 Å². The Hall–Kier alpha value is -2.42. The average molecular weight is 416 g/mol. The molecule has 7 nitrogen and oxygen atoms in total. The van der Waals surface area contributed by atoms with E-state index in [2.05, 4.69) is 11.4 Å². The zero-order chi connectivity index (χ0) is 20.3. The number of sulfonamides is 1. The summed E-state index contributed by atoms with van der Waals surface area (Å²) in [5.74, 6) is 0.183. The smallest absolute Gasteiger partial charge is 0.262 e. The van der Waals surface area contributed by atoms with Crippen LogP contribution in [0, 0.1) is 0 Å². The number of benzene rings is 2. The van der Waals surface area contributed by atoms with Gasteiger partial charge in [-0.15, -0.1) is 0 Å². The molecule has 0 radical (unpaired) electrons. The van der Waals surface area contributed by atoms with Crippen molar-refractivity contribution < 1.29 is 22.7 Å². The Kier molecular flexibility index (Phi) is 5.84. The molecule has 0 spiro atoms. The van der Waals surface area contributed by atoms with Gasteiger partial charge in [0.15, 0.2) is 6.61 Å². The molecule has 1 aliphatic heterocycles. The second-order valence-electron chi connectivity index (χ2n) is 7.16. The van der Waals surface area contributed by atoms with E-state index >= 15 is 0 Å². The summed E-state index contributed by atoms with van der Waals surface area (Å²) in [7, 11) is -3.54. The highest BCUT2D eigenvalue weighted by atomic mass is 32.2. The van der Waals surface area contributed by atoms with Crippen LogP contribution in [-0.4, -0.2) is 51.5 Å². The molecule has 4 rings (SSSR count). The number of carbonyl (C=O) groups is 1. The monoisotopic (exact) mass is 416 g/mol. The van der Waals surface area contributed by atoms with Crippen molar-refractivity contribution in [2.24, 2.45) is 0 Å². The van der Waals surface area contributed by atoms with Gasteiger partial charge in [-0.3, -0.25) is 4.79 Å². The second kappa shape index (κ2) is 8.52. The largest absolute Gasteiger partial charge is 0.484 e. The lowest BCUT2D eigenvalue weighted by Gasteiger charge is -2.26. The average Bonchev–Trinajstić information content (AvgIpc) is 3.21. The number of anilines is 1. The first-order valence-corrected chi connectivity index (χ1v) is 11.2. The fourth-order valence-corrected chi connectivity index (χ4v) is 5.05. The maximum Gasteiger partial charge on any atom is 0.262 e. The SMILES string of the molecule is O=C(COc1ccc(S(=O)(=O)N2CCOCC2)cc1)Nc1ccc2c(c1)CCC2. The molecule has 0 saturated carbocycles. The summed E-state index contributed by atoms with van der Waals surface area (Å²) in [6, 6.07) is 12.1. The molecule has 154 valence electrons. The van der Waals surface area contributed by atoms with Crippen molar-refractivity contribution in [2.75, 3.05) is 38.2 Å². The predicted octanol–water partition coefficient (Wildman–Crippen LogP) is 2.21. The van der Waals surface area contributed by atoms with E-state index in [9.17, 15) is 13.2 Å². The van der Waals surface area contributed by atoms with Crippen LogP contribution in [0.2, 0.25) is 0 Å². The minimum Gasteiger partial charge on any atom is -0.484 e. The molecule has 1 fully saturated rings. The first-order chi connectivity index (χ1) is 14.0. The minimum absolute atomic E-state index is 0.146. The molecule has 1 amide bonds. The van der Waals surface area contributed by atoms with Crippen LogP contribution in [0.3, 0.4) is 0 Å². The molecular formula is C21H24N2O5S. The molecular weight excluding hydrogens is 392 g/mol. The summed E-state index contributed by atoms with van der Waals surface area (Å²) >= 11 is 0. The summed E-state index contributed by atoms with van der Waals surface area (Å²) in [5.41, 5.74) is 3.42. The van der Waals surface area contributed by atoms with Crippen LogP contribution in [0.5, 0.6) is 5.75 Å². The quantitative estimate of drug-likeness (QED) is 0.781. The van der Waals surface area contributed by atoms with Gasteiger partial charge in [0.2, 0.25) is 10.0 Å². The van der Waals surface area contributed by atoms with Gasteiger partial charge >= 0.3 is 0 Å². The summed E-state index contributed by atoms with van der Waals surface area (Å²) in [6.07, 6.45) is 3.31. The number of ether oxygens (including phenoxy) is 2. The Morgan fingerprint density at radius 1 is 1.03 bits per heavy atom. The second-order valence-corrected chi connectivity index (χ2v) is 9.10. The molecule has 1 saturated heterocycles. The lowest BCUT2D eigenvalue weighted by molar-refractivity contribution is -0.118. The normalized spacial score (nSPS) is 17.0. The van der Waals surface area contributed by atoms with Crippen molar-refractivity contribution >= 4 is 21.6 Å². The van der Waals surface area contributed by atoms with Gasteiger partial charge in [0, 0.05) is 18.8 Å². The molecule has 0 unspecified atom stereocenters. The van der Waals surface area contributed by atoms with Gasteiger partial charge in [0.25, 0.3) is 5.91 Å². The Bertz CT molecular complexity index is 983. The van der Waals surface area contributed by atoms with Crippen LogP contribution in [0.25, 0.3) is 0 Å². The summed E-state index contributed by atoms with van der Waals surface area (Å²) in [5, 5.41) is 2.84. The highest BCUT2D eigenvalue weighted by Crippen LogP contribution is 2.25. The molecule has 29 heavy (non-hydrogen) atoms. The number of aryl methyl sites for hydroxylation is 2. The molecule has 2 aromatic carbocycles. The first-order valence-electron chi connectivity index (χ1n) is 9.75. The number of nitrogens with zero attached hydrogens (tertiary/aromatic N) is 1. The van der Waals surface area contributed by atoms with Gasteiger partial charge in [-0.2, -0.15) is 4.31 Å². The molecule has 0 bridgehead atoms. The zero-order valence-corrected chi connectivity index (χ0v) is 16.9. The molecule has 1 heterocycles. The van der Waals surface area contributed by atoms with Crippen molar-refractivity contribution in [1.82, 2.24) is 4.31 Å². The van der Waals surface area contributed by atoms with Crippen LogP contribution in [0.15, 0.2) is 47.4 Å². The predicted molar refractivity (Wildman–Crippen MR) is 109 cm³/mol. The third kappa shape index (κ3) is 4.60. The van der Waals surface area contributed by atoms with E-state index in [-0.39, 0.29) is 17.4 Å². The highest BCUT2D eigenvalue weighted by Gasteiger charge is 2.26. The van der Waals surface area contributed by atoms with E-state index in [1.54, 1.807) is 12.1 Å². The Morgan fingerprint density at radius 2 is 1.76 bits per heavy atom. The number of hydrogen-bond acceptors (Lipinski definition) is 5. The molecule has 8 heteroatoms. The zero-order valence-electron chi connectivity index (χ0n) is 16.1. The van der Waals surface area contributed by atoms with E-state index in [0.717, 1.165) is 24.9 Å². The van der Waals surface area contributed by atoms with E-state index in [1.165, 1.54) is 27.6 Å². The Balaban J connectivity index is 1.32. The summed E-state index contributed by atoms with van der Waals surface area (Å²) in [6.45, 7) is 1.36. The first kappa shape index (κ1) is 19.9. The maximum absolute atomic E-state index is 12.6. The van der Waals surface area contributed by atoms with Crippen molar-refractivity contribution in [2.45, 2.75) is 24.2 Å². The fourth-order valence-electron chi connectivity index (χ4n) is 3.64. The lowest BCUT2D eigenvalue weighted by atomic mass is 10.1. The van der Waals surface area contributed by atoms with Gasteiger partial charge in [-0.1, -0.05) is 6.07 Å². The van der Waals surface area contributed by atoms with E-state index in [0.29, 0.717) is 32.1 Å². The third-order valence-corrected chi connectivity index (χ3v) is 7.10. The molecule has 0 atom stereocenters. The topological polar surface area (TPSA) is 84.9 Å². The number of amides is 1. The van der Waals surface area contributed by atoms with Crippen molar-refractivity contribution in [3.63, 3.8) is 0 Å². The molecule has 2 aliphatic rings. The fraction of sp³-hybridized carbons (Fsp3) is 0.381. The number of morpholine rings is 1. The van der Waals surface area contributed by atoms with E-state index < -0.39 is 10.0 Å². The lowest BCUT2D eigenvalue weighted by Crippen LogP contribution is -2.40. The van der Waals surface area contributed by atoms with Gasteiger partial charge in [0.1, 0.15) is 5.75 Å². The van der Waals surface area contributed by atoms with E-state index in [4.69, 9.17) is 9.47 Å². The van der Waals surface area contributed by atoms with Gasteiger partial charge in [-0.05, 0) is 66.8 Å². The van der Waals surface area contributed by atoms with Crippen molar-refractivity contribution in [3.05, 3.63) is 53.6 Å². The number of nitrogens with one attached hydrogen (secondary N) is 1. The van der Waals surface area contributed by atoms with Gasteiger partial charge in [0.05, 0.1) is 18.1 Å². The standard InChI is InChI=1S/C21H24N2O5S/c24-21(22-18-5-4-16-2-1-3-17(16)14-18)15-28-19-6-8-20(9-7-19)29(25,26)23-10-12-27-13-11-23/h4-9,14H,1-3,10-13,15H2,(H,22,24). The number of carbonyl (C=O) groups excluding carboxylic acids is 1. The van der Waals surface area contributed by atoms with Crippen LogP contribution in [-0.2, 0) is 32.4 Å². The van der Waals surface area contributed by atoms with E-state index in [1.807, 2.05) is 12.1 Å². The van der Waals surface area contributed by atoms with Crippen molar-refractivity contribution in [3.8, 4) is 5.75 Å². The van der Waals surface area contributed by atoms with Crippen molar-refractivity contribution in [1.29, 1.82) is 0 Å². The summed E-state index contributed by atoms with van der Waals surface area (Å²) in [4.78, 5) is 12.4. The van der Waals surface area contributed by atoms with Crippen LogP contribution < -0.4 is 10.1 Å². The number of fused-ring (bicyclic) bond motifs is 1. The maximum atomic E-state index is 12.6. The van der Waals surface area contributed by atoms with Gasteiger partial charge < -0.3 is 14.8 Å². The molecule has 2 aromatic rings. The molecule has 1 aliphatic carbocycles. The van der Waals surface area contributed by atoms with Crippen LogP contribution >= 0.6 is 0 Å². The molecule has 1 N–H and O–H groups in total. The highest BCUT2D eigenvalue weighted by molar-refractivity contribution is 7.89.